The molecule has 4 rings (SSSR count). The summed E-state index contributed by atoms with van der Waals surface area (Å²) in [7, 11) is 0. The van der Waals surface area contributed by atoms with Gasteiger partial charge in [0.25, 0.3) is 5.91 Å². The number of likely N-dealkylation sites (tertiary alicyclic amines) is 1. The van der Waals surface area contributed by atoms with E-state index in [1.807, 2.05) is 13.8 Å². The van der Waals surface area contributed by atoms with Crippen molar-refractivity contribution in [2.75, 3.05) is 6.54 Å². The summed E-state index contributed by atoms with van der Waals surface area (Å²) in [6.45, 7) is 4.47. The molecule has 4 atom stereocenters. The van der Waals surface area contributed by atoms with Crippen LogP contribution >= 0.6 is 0 Å². The Morgan fingerprint density at radius 3 is 2.02 bits per heavy atom. The number of carbonyl (C=O) groups is 5. The Morgan fingerprint density at radius 1 is 0.825 bits per heavy atom. The number of Topliss-reactive ketones (excluding diaryl/α,β-unsaturated/α-hetero) is 1. The highest BCUT2D eigenvalue weighted by Crippen LogP contribution is 2.36. The van der Waals surface area contributed by atoms with Gasteiger partial charge >= 0.3 is 6.03 Å². The van der Waals surface area contributed by atoms with Crippen molar-refractivity contribution in [1.82, 2.24) is 20.9 Å². The Bertz CT molecular complexity index is 939. The Hall–Kier alpha value is -2.65. The van der Waals surface area contributed by atoms with Gasteiger partial charge < -0.3 is 26.6 Å². The second-order valence-corrected chi connectivity index (χ2v) is 13.0. The number of hydrogen-bond acceptors (Lipinski definition) is 5. The van der Waals surface area contributed by atoms with Crippen LogP contribution in [0.2, 0.25) is 0 Å². The quantitative estimate of drug-likeness (QED) is 0.287. The normalized spacial score (nSPS) is 25.7. The molecule has 5 N–H and O–H groups in total. The van der Waals surface area contributed by atoms with Crippen LogP contribution in [-0.4, -0.2) is 65.1 Å². The minimum absolute atomic E-state index is 0.0132. The van der Waals surface area contributed by atoms with Crippen molar-refractivity contribution in [2.24, 2.45) is 29.4 Å². The van der Waals surface area contributed by atoms with Crippen molar-refractivity contribution in [3.63, 3.8) is 0 Å². The molecular formula is C30H49N5O5. The number of amides is 5. The highest BCUT2D eigenvalue weighted by atomic mass is 16.2. The lowest BCUT2D eigenvalue weighted by Gasteiger charge is -2.36. The van der Waals surface area contributed by atoms with E-state index in [0.29, 0.717) is 25.3 Å². The molecule has 0 aromatic heterocycles. The van der Waals surface area contributed by atoms with Crippen LogP contribution in [0, 0.1) is 23.7 Å². The van der Waals surface area contributed by atoms with E-state index in [9.17, 15) is 24.0 Å². The first-order valence-corrected chi connectivity index (χ1v) is 15.7. The Labute approximate surface area is 238 Å². The van der Waals surface area contributed by atoms with E-state index in [1.165, 1.54) is 6.42 Å². The number of rotatable bonds is 11. The molecule has 0 aromatic rings. The standard InChI is InChI=1S/C30H49N5O5/c1-18(2)22-15-16-35(25(22)28(38)33-23(17-19-13-14-19)26(36)27(31)37)29(39)24(20-9-5-3-6-10-20)34-30(40)32-21-11-7-4-8-12-21/h18-25H,3-17H2,1-2H3,(H2,31,37)(H,33,38)(H2,32,34,40)/t22-,23?,24+,25+/m1/s1. The molecule has 1 heterocycles. The van der Waals surface area contributed by atoms with Crippen molar-refractivity contribution < 1.29 is 24.0 Å². The second kappa shape index (κ2) is 13.8. The number of nitrogens with zero attached hydrogens (tertiary/aromatic N) is 1. The van der Waals surface area contributed by atoms with Crippen molar-refractivity contribution in [2.45, 2.75) is 128 Å². The number of hydrogen-bond donors (Lipinski definition) is 4. The molecule has 5 amide bonds. The molecule has 0 radical (unpaired) electrons. The number of nitrogens with one attached hydrogen (secondary N) is 3. The van der Waals surface area contributed by atoms with Gasteiger partial charge in [-0.2, -0.15) is 0 Å². The van der Waals surface area contributed by atoms with E-state index in [2.05, 4.69) is 16.0 Å². The van der Waals surface area contributed by atoms with Gasteiger partial charge in [-0.1, -0.05) is 65.2 Å². The maximum absolute atomic E-state index is 14.2. The van der Waals surface area contributed by atoms with E-state index in [4.69, 9.17) is 5.73 Å². The molecule has 10 nitrogen and oxygen atoms in total. The minimum Gasteiger partial charge on any atom is -0.363 e. The molecule has 40 heavy (non-hydrogen) atoms. The number of primary amides is 1. The largest absolute Gasteiger partial charge is 0.363 e. The summed E-state index contributed by atoms with van der Waals surface area (Å²) < 4.78 is 0. The molecule has 4 fully saturated rings. The lowest BCUT2D eigenvalue weighted by Crippen LogP contribution is -2.60. The number of nitrogens with two attached hydrogens (primary N) is 1. The Morgan fingerprint density at radius 2 is 1.45 bits per heavy atom. The van der Waals surface area contributed by atoms with Gasteiger partial charge in [0.05, 0.1) is 6.04 Å². The molecule has 10 heteroatoms. The summed E-state index contributed by atoms with van der Waals surface area (Å²) in [6, 6.07) is -2.65. The van der Waals surface area contributed by atoms with Crippen LogP contribution in [0.5, 0.6) is 0 Å². The zero-order valence-electron chi connectivity index (χ0n) is 24.3. The third kappa shape index (κ3) is 7.75. The Balaban J connectivity index is 1.52. The summed E-state index contributed by atoms with van der Waals surface area (Å²) in [5.41, 5.74) is 5.30. The monoisotopic (exact) mass is 559 g/mol. The molecule has 3 saturated carbocycles. The average Bonchev–Trinajstić information content (AvgIpc) is 3.64. The van der Waals surface area contributed by atoms with Gasteiger partial charge in [0.2, 0.25) is 17.6 Å². The van der Waals surface area contributed by atoms with Crippen LogP contribution < -0.4 is 21.7 Å². The van der Waals surface area contributed by atoms with E-state index in [0.717, 1.165) is 70.6 Å². The minimum atomic E-state index is -1.06. The zero-order valence-corrected chi connectivity index (χ0v) is 24.3. The molecule has 3 aliphatic carbocycles. The smallest absolute Gasteiger partial charge is 0.315 e. The summed E-state index contributed by atoms with van der Waals surface area (Å²) >= 11 is 0. The third-order valence-electron chi connectivity index (χ3n) is 9.61. The fourth-order valence-electron chi connectivity index (χ4n) is 7.09. The second-order valence-electron chi connectivity index (χ2n) is 13.0. The van der Waals surface area contributed by atoms with Crippen LogP contribution in [0.25, 0.3) is 0 Å². The molecule has 0 aromatic carbocycles. The molecular weight excluding hydrogens is 510 g/mol. The highest BCUT2D eigenvalue weighted by Gasteiger charge is 2.47. The van der Waals surface area contributed by atoms with Gasteiger partial charge in [-0.05, 0) is 62.2 Å². The lowest BCUT2D eigenvalue weighted by atomic mass is 9.83. The molecule has 1 unspecified atom stereocenters. The zero-order chi connectivity index (χ0) is 28.8. The topological polar surface area (TPSA) is 151 Å². The van der Waals surface area contributed by atoms with Crippen molar-refractivity contribution >= 4 is 29.5 Å². The van der Waals surface area contributed by atoms with Gasteiger partial charge in [0.15, 0.2) is 0 Å². The average molecular weight is 560 g/mol. The van der Waals surface area contributed by atoms with Crippen LogP contribution in [0.3, 0.4) is 0 Å². The predicted molar refractivity (Wildman–Crippen MR) is 151 cm³/mol. The Kier molecular flexibility index (Phi) is 10.5. The summed E-state index contributed by atoms with van der Waals surface area (Å²) in [5.74, 6) is -2.17. The summed E-state index contributed by atoms with van der Waals surface area (Å²) in [5, 5.41) is 8.93. The van der Waals surface area contributed by atoms with Crippen LogP contribution in [0.15, 0.2) is 0 Å². The highest BCUT2D eigenvalue weighted by molar-refractivity contribution is 6.37. The molecule has 0 bridgehead atoms. The molecule has 4 aliphatic rings. The number of ketones is 1. The fourth-order valence-corrected chi connectivity index (χ4v) is 7.09. The first-order chi connectivity index (χ1) is 19.2. The van der Waals surface area contributed by atoms with E-state index in [-0.39, 0.29) is 35.7 Å². The van der Waals surface area contributed by atoms with Crippen molar-refractivity contribution in [3.8, 4) is 0 Å². The van der Waals surface area contributed by atoms with Gasteiger partial charge in [-0.15, -0.1) is 0 Å². The number of urea groups is 1. The third-order valence-corrected chi connectivity index (χ3v) is 9.61. The van der Waals surface area contributed by atoms with Gasteiger partial charge in [0, 0.05) is 12.6 Å². The van der Waals surface area contributed by atoms with Crippen LogP contribution in [-0.2, 0) is 19.2 Å². The van der Waals surface area contributed by atoms with Crippen molar-refractivity contribution in [3.05, 3.63) is 0 Å². The maximum atomic E-state index is 14.2. The van der Waals surface area contributed by atoms with Gasteiger partial charge in [-0.25, -0.2) is 4.79 Å². The van der Waals surface area contributed by atoms with E-state index < -0.39 is 35.7 Å². The summed E-state index contributed by atoms with van der Waals surface area (Å²) in [6.07, 6.45) is 13.1. The number of carbonyl (C=O) groups excluding carboxylic acids is 5. The van der Waals surface area contributed by atoms with E-state index >= 15 is 0 Å². The van der Waals surface area contributed by atoms with Gasteiger partial charge in [0.1, 0.15) is 12.1 Å². The first-order valence-electron chi connectivity index (χ1n) is 15.7. The lowest BCUT2D eigenvalue weighted by molar-refractivity contribution is -0.144. The molecule has 0 spiro atoms. The predicted octanol–water partition coefficient (Wildman–Crippen LogP) is 2.78. The fraction of sp³-hybridized carbons (Fsp3) is 0.833. The van der Waals surface area contributed by atoms with Crippen LogP contribution in [0.4, 0.5) is 4.79 Å². The SMILES string of the molecule is CC(C)[C@H]1CCN(C(=O)[C@@H](NC(=O)NC2CCCCC2)C2CCCCC2)[C@@H]1C(=O)NC(CC1CC1)C(=O)C(N)=O. The maximum Gasteiger partial charge on any atom is 0.315 e. The molecule has 1 saturated heterocycles. The molecule has 224 valence electrons. The first kappa shape index (κ1) is 30.3. The van der Waals surface area contributed by atoms with Crippen molar-refractivity contribution in [1.29, 1.82) is 0 Å². The van der Waals surface area contributed by atoms with E-state index in [1.54, 1.807) is 4.90 Å². The summed E-state index contributed by atoms with van der Waals surface area (Å²) in [4.78, 5) is 67.0. The molecule has 1 aliphatic heterocycles. The van der Waals surface area contributed by atoms with Gasteiger partial charge in [-0.3, -0.25) is 19.2 Å². The van der Waals surface area contributed by atoms with Crippen LogP contribution in [0.1, 0.15) is 104 Å².